The molecule has 1 aromatic carbocycles. The third-order valence-corrected chi connectivity index (χ3v) is 5.51. The molecule has 34 heavy (non-hydrogen) atoms. The van der Waals surface area contributed by atoms with Crippen molar-refractivity contribution >= 4 is 34.3 Å². The van der Waals surface area contributed by atoms with Gasteiger partial charge < -0.3 is 25.8 Å². The normalized spacial score (nSPS) is 13.1. The molecule has 2 heterocycles. The predicted octanol–water partition coefficient (Wildman–Crippen LogP) is 1.42. The van der Waals surface area contributed by atoms with E-state index in [1.807, 2.05) is 43.4 Å². The zero-order valence-corrected chi connectivity index (χ0v) is 20.3. The van der Waals surface area contributed by atoms with Gasteiger partial charge in [-0.3, -0.25) is 14.0 Å². The molecule has 4 N–H and O–H groups in total. The van der Waals surface area contributed by atoms with Crippen LogP contribution in [-0.4, -0.2) is 68.8 Å². The van der Waals surface area contributed by atoms with Gasteiger partial charge in [-0.1, -0.05) is 13.8 Å². The first-order chi connectivity index (χ1) is 16.2. The van der Waals surface area contributed by atoms with E-state index < -0.39 is 18.1 Å². The van der Waals surface area contributed by atoms with Crippen molar-refractivity contribution in [2.75, 3.05) is 25.5 Å². The minimum atomic E-state index is -1.16. The summed E-state index contributed by atoms with van der Waals surface area (Å²) in [7, 11) is 1.62. The number of anilines is 1. The van der Waals surface area contributed by atoms with Gasteiger partial charge in [0, 0.05) is 19.2 Å². The van der Waals surface area contributed by atoms with Gasteiger partial charge in [0.1, 0.15) is 23.7 Å². The van der Waals surface area contributed by atoms with E-state index in [0.29, 0.717) is 24.6 Å². The number of nitrogens with zero attached hydrogens (tertiary/aromatic N) is 4. The number of hydrogen-bond donors (Lipinski definition) is 4. The lowest BCUT2D eigenvalue weighted by Crippen LogP contribution is -2.52. The van der Waals surface area contributed by atoms with Gasteiger partial charge in [0.05, 0.1) is 18.1 Å². The number of rotatable bonds is 11. The van der Waals surface area contributed by atoms with Crippen LogP contribution in [0.3, 0.4) is 0 Å². The summed E-state index contributed by atoms with van der Waals surface area (Å²) in [4.78, 5) is 28.9. The lowest BCUT2D eigenvalue weighted by Gasteiger charge is -2.22. The Kier molecular flexibility index (Phi) is 8.21. The highest BCUT2D eigenvalue weighted by Gasteiger charge is 2.25. The molecule has 0 spiro atoms. The average molecular weight is 472 g/mol. The summed E-state index contributed by atoms with van der Waals surface area (Å²) in [6, 6.07) is 4.99. The van der Waals surface area contributed by atoms with Crippen LogP contribution in [0.2, 0.25) is 0 Å². The fraction of sp³-hybridized carbons (Fsp3) is 0.522. The second-order valence-corrected chi connectivity index (χ2v) is 8.55. The third kappa shape index (κ3) is 5.71. The summed E-state index contributed by atoms with van der Waals surface area (Å²) in [5, 5.41) is 26.6. The molecule has 11 heteroatoms. The number of amides is 2. The van der Waals surface area contributed by atoms with Crippen LogP contribution >= 0.6 is 0 Å². The van der Waals surface area contributed by atoms with Crippen molar-refractivity contribution < 1.29 is 19.4 Å². The van der Waals surface area contributed by atoms with Crippen LogP contribution in [0.4, 0.5) is 5.82 Å². The number of aromatic nitrogens is 4. The Morgan fingerprint density at radius 2 is 1.85 bits per heavy atom. The van der Waals surface area contributed by atoms with E-state index in [9.17, 15) is 14.7 Å². The van der Waals surface area contributed by atoms with Crippen molar-refractivity contribution in [1.82, 2.24) is 30.2 Å². The maximum Gasteiger partial charge on any atom is 0.249 e. The molecular weight excluding hydrogens is 438 g/mol. The monoisotopic (exact) mass is 471 g/mol. The lowest BCUT2D eigenvalue weighted by molar-refractivity contribution is -0.134. The molecule has 0 bridgehead atoms. The van der Waals surface area contributed by atoms with E-state index in [1.54, 1.807) is 7.11 Å². The van der Waals surface area contributed by atoms with Gasteiger partial charge in [0.2, 0.25) is 17.5 Å². The molecule has 0 aliphatic carbocycles. The number of carbonyl (C=O) groups is 2. The number of methoxy groups -OCH3 is 1. The summed E-state index contributed by atoms with van der Waals surface area (Å²) < 4.78 is 7.28. The predicted molar refractivity (Wildman–Crippen MR) is 129 cm³/mol. The van der Waals surface area contributed by atoms with Gasteiger partial charge in [0.15, 0.2) is 5.82 Å². The van der Waals surface area contributed by atoms with Crippen molar-refractivity contribution in [3.8, 4) is 5.75 Å². The molecule has 0 fully saturated rings. The molecule has 0 saturated heterocycles. The number of aliphatic hydroxyl groups is 1. The first kappa shape index (κ1) is 25.2. The zero-order valence-electron chi connectivity index (χ0n) is 20.3. The SMILES string of the molecule is COc1ccc2c(c1)nc(NCCCCNC(=O)C(NC(=O)C(C)O)C(C)C)c1nnc(C)n12. The van der Waals surface area contributed by atoms with E-state index in [-0.39, 0.29) is 11.8 Å². The van der Waals surface area contributed by atoms with E-state index in [1.165, 1.54) is 6.92 Å². The second kappa shape index (κ2) is 11.1. The number of fused-ring (bicyclic) bond motifs is 3. The van der Waals surface area contributed by atoms with Gasteiger partial charge in [-0.15, -0.1) is 10.2 Å². The molecule has 2 aromatic heterocycles. The Morgan fingerprint density at radius 3 is 2.53 bits per heavy atom. The minimum Gasteiger partial charge on any atom is -0.497 e. The zero-order chi connectivity index (χ0) is 24.8. The van der Waals surface area contributed by atoms with E-state index >= 15 is 0 Å². The Hall–Kier alpha value is -3.47. The summed E-state index contributed by atoms with van der Waals surface area (Å²) in [6.07, 6.45) is 0.353. The van der Waals surface area contributed by atoms with E-state index in [0.717, 1.165) is 35.4 Å². The fourth-order valence-corrected chi connectivity index (χ4v) is 3.59. The highest BCUT2D eigenvalue weighted by molar-refractivity contribution is 5.89. The number of nitrogens with one attached hydrogen (secondary N) is 3. The van der Waals surface area contributed by atoms with Gasteiger partial charge in [-0.05, 0) is 44.7 Å². The Morgan fingerprint density at radius 1 is 1.12 bits per heavy atom. The number of hydrogen-bond acceptors (Lipinski definition) is 8. The average Bonchev–Trinajstić information content (AvgIpc) is 3.20. The van der Waals surface area contributed by atoms with Gasteiger partial charge >= 0.3 is 0 Å². The van der Waals surface area contributed by atoms with Gasteiger partial charge in [-0.25, -0.2) is 4.98 Å². The number of carbonyl (C=O) groups excluding carboxylic acids is 2. The molecule has 0 radical (unpaired) electrons. The van der Waals surface area contributed by atoms with Crippen molar-refractivity contribution in [2.45, 2.75) is 52.7 Å². The minimum absolute atomic E-state index is 0.101. The van der Waals surface area contributed by atoms with Crippen LogP contribution in [0.1, 0.15) is 39.4 Å². The van der Waals surface area contributed by atoms with Crippen LogP contribution in [0.5, 0.6) is 5.75 Å². The smallest absolute Gasteiger partial charge is 0.249 e. The Bertz CT molecular complexity index is 1160. The van der Waals surface area contributed by atoms with Gasteiger partial charge in [-0.2, -0.15) is 0 Å². The number of benzene rings is 1. The summed E-state index contributed by atoms with van der Waals surface area (Å²) in [6.45, 7) is 8.05. The second-order valence-electron chi connectivity index (χ2n) is 8.55. The molecule has 3 aromatic rings. The van der Waals surface area contributed by atoms with Crippen molar-refractivity contribution in [2.24, 2.45) is 5.92 Å². The van der Waals surface area contributed by atoms with Crippen molar-refractivity contribution in [3.63, 3.8) is 0 Å². The summed E-state index contributed by atoms with van der Waals surface area (Å²) >= 11 is 0. The summed E-state index contributed by atoms with van der Waals surface area (Å²) in [5.74, 6) is 1.19. The Labute approximate surface area is 198 Å². The van der Waals surface area contributed by atoms with Crippen LogP contribution in [0.25, 0.3) is 16.7 Å². The van der Waals surface area contributed by atoms with E-state index in [4.69, 9.17) is 9.72 Å². The fourth-order valence-electron chi connectivity index (χ4n) is 3.59. The Balaban J connectivity index is 1.56. The topological polar surface area (TPSA) is 143 Å². The maximum absolute atomic E-state index is 12.5. The molecule has 11 nitrogen and oxygen atoms in total. The summed E-state index contributed by atoms with van der Waals surface area (Å²) in [5.41, 5.74) is 2.31. The van der Waals surface area contributed by atoms with E-state index in [2.05, 4.69) is 26.1 Å². The third-order valence-electron chi connectivity index (χ3n) is 5.51. The first-order valence-electron chi connectivity index (χ1n) is 11.4. The molecule has 184 valence electrons. The van der Waals surface area contributed by atoms with Crippen molar-refractivity contribution in [1.29, 1.82) is 0 Å². The standard InChI is InChI=1S/C23H33N7O4/c1-13(2)19(27-22(32)14(3)31)23(33)25-11-7-6-10-24-20-21-29-28-15(4)30(21)18-9-8-16(34-5)12-17(18)26-20/h8-9,12-14,19,31H,6-7,10-11H2,1-5H3,(H,24,26)(H,25,33)(H,27,32). The quantitative estimate of drug-likeness (QED) is 0.308. The number of aryl methyl sites for hydroxylation is 1. The van der Waals surface area contributed by atoms with Crippen molar-refractivity contribution in [3.05, 3.63) is 24.0 Å². The van der Waals surface area contributed by atoms with Crippen LogP contribution < -0.4 is 20.7 Å². The van der Waals surface area contributed by atoms with Crippen LogP contribution in [0, 0.1) is 12.8 Å². The largest absolute Gasteiger partial charge is 0.497 e. The molecule has 0 aliphatic heterocycles. The number of unbranched alkanes of at least 4 members (excludes halogenated alkanes) is 1. The van der Waals surface area contributed by atoms with Crippen LogP contribution in [-0.2, 0) is 9.59 Å². The van der Waals surface area contributed by atoms with Gasteiger partial charge in [0.25, 0.3) is 0 Å². The molecule has 0 saturated carbocycles. The highest BCUT2D eigenvalue weighted by atomic mass is 16.5. The lowest BCUT2D eigenvalue weighted by atomic mass is 10.0. The molecule has 2 atom stereocenters. The molecule has 3 rings (SSSR count). The highest BCUT2D eigenvalue weighted by Crippen LogP contribution is 2.25. The molecular formula is C23H33N7O4. The maximum atomic E-state index is 12.5. The number of aliphatic hydroxyl groups excluding tert-OH is 1. The molecule has 2 amide bonds. The van der Waals surface area contributed by atoms with Crippen LogP contribution in [0.15, 0.2) is 18.2 Å². The first-order valence-corrected chi connectivity index (χ1v) is 11.4. The molecule has 0 aliphatic rings. The molecule has 2 unspecified atom stereocenters. The number of ether oxygens (including phenoxy) is 1.